The van der Waals surface area contributed by atoms with Crippen LogP contribution in [0.2, 0.25) is 0 Å². The number of aliphatic hydroxyl groups excluding tert-OH is 1. The Morgan fingerprint density at radius 3 is 2.00 bits per heavy atom. The predicted octanol–water partition coefficient (Wildman–Crippen LogP) is 2.12. The zero-order chi connectivity index (χ0) is 21.9. The fourth-order valence-corrected chi connectivity index (χ4v) is 2.33. The molecule has 0 spiro atoms. The van der Waals surface area contributed by atoms with E-state index in [4.69, 9.17) is 14.6 Å². The van der Waals surface area contributed by atoms with E-state index in [0.717, 1.165) is 0 Å². The number of carbonyl (C=O) groups excluding carboxylic acids is 4. The van der Waals surface area contributed by atoms with Gasteiger partial charge in [0.15, 0.2) is 5.78 Å². The highest BCUT2D eigenvalue weighted by molar-refractivity contribution is 5.97. The molecular formula is C21H21NO8. The number of aliphatic hydroxyl groups is 1. The molecule has 2 aromatic carbocycles. The highest BCUT2D eigenvalue weighted by atomic mass is 16.6. The standard InChI is InChI=1S/C21H21NO8/c1-28-20(26)15-6-10-17(11-7-15)30-21(27)22-12-2-3-19(25)29-16-8-4-14(5-9-16)18(24)13-23/h4-11,23H,2-3,12-13H2,1H3,(H,22,27). The van der Waals surface area contributed by atoms with Crippen LogP contribution in [0.5, 0.6) is 11.5 Å². The molecule has 0 saturated carbocycles. The molecule has 0 bridgehead atoms. The average molecular weight is 415 g/mol. The van der Waals surface area contributed by atoms with Gasteiger partial charge in [-0.3, -0.25) is 9.59 Å². The zero-order valence-electron chi connectivity index (χ0n) is 16.3. The Balaban J connectivity index is 1.67. The fourth-order valence-electron chi connectivity index (χ4n) is 2.33. The minimum atomic E-state index is -0.696. The summed E-state index contributed by atoms with van der Waals surface area (Å²) in [6.45, 7) is -0.397. The van der Waals surface area contributed by atoms with Crippen molar-refractivity contribution in [3.8, 4) is 11.5 Å². The monoisotopic (exact) mass is 415 g/mol. The second-order valence-corrected chi connectivity index (χ2v) is 6.02. The van der Waals surface area contributed by atoms with Gasteiger partial charge < -0.3 is 24.6 Å². The third-order valence-corrected chi connectivity index (χ3v) is 3.86. The van der Waals surface area contributed by atoms with E-state index < -0.39 is 30.4 Å². The minimum absolute atomic E-state index is 0.0609. The topological polar surface area (TPSA) is 128 Å². The van der Waals surface area contributed by atoms with Crippen LogP contribution in [-0.2, 0) is 9.53 Å². The fraction of sp³-hybridized carbons (Fsp3) is 0.238. The molecule has 2 aromatic rings. The number of ketones is 1. The van der Waals surface area contributed by atoms with Crippen molar-refractivity contribution >= 4 is 23.8 Å². The summed E-state index contributed by atoms with van der Waals surface area (Å²) in [4.78, 5) is 46.2. The maximum Gasteiger partial charge on any atom is 0.412 e. The van der Waals surface area contributed by atoms with Crippen molar-refractivity contribution in [3.63, 3.8) is 0 Å². The quantitative estimate of drug-likeness (QED) is 0.276. The summed E-state index contributed by atoms with van der Waals surface area (Å²) in [5.74, 6) is -0.887. The van der Waals surface area contributed by atoms with Gasteiger partial charge in [-0.25, -0.2) is 9.59 Å². The van der Waals surface area contributed by atoms with E-state index in [1.54, 1.807) is 0 Å². The van der Waals surface area contributed by atoms with E-state index in [0.29, 0.717) is 17.5 Å². The van der Waals surface area contributed by atoms with Gasteiger partial charge in [-0.1, -0.05) is 0 Å². The van der Waals surface area contributed by atoms with Crippen molar-refractivity contribution in [2.75, 3.05) is 20.3 Å². The van der Waals surface area contributed by atoms with E-state index in [9.17, 15) is 19.2 Å². The Kier molecular flexibility index (Phi) is 8.52. The number of hydrogen-bond acceptors (Lipinski definition) is 8. The lowest BCUT2D eigenvalue weighted by Gasteiger charge is -2.08. The number of carbonyl (C=O) groups is 4. The first kappa shape index (κ1) is 22.6. The molecule has 0 unspecified atom stereocenters. The van der Waals surface area contributed by atoms with E-state index in [1.807, 2.05) is 0 Å². The number of Topliss-reactive ketones (excluding diaryl/α,β-unsaturated/α-hetero) is 1. The molecule has 9 heteroatoms. The maximum absolute atomic E-state index is 11.8. The van der Waals surface area contributed by atoms with E-state index >= 15 is 0 Å². The first-order valence-corrected chi connectivity index (χ1v) is 9.01. The number of benzene rings is 2. The highest BCUT2D eigenvalue weighted by Crippen LogP contribution is 2.14. The SMILES string of the molecule is COC(=O)c1ccc(OC(=O)NCCCC(=O)Oc2ccc(C(=O)CO)cc2)cc1. The second kappa shape index (κ2) is 11.3. The second-order valence-electron chi connectivity index (χ2n) is 6.02. The van der Waals surface area contributed by atoms with Gasteiger partial charge in [-0.2, -0.15) is 0 Å². The van der Waals surface area contributed by atoms with Gasteiger partial charge in [-0.15, -0.1) is 0 Å². The summed E-state index contributed by atoms with van der Waals surface area (Å²) in [5.41, 5.74) is 0.651. The molecule has 0 aromatic heterocycles. The summed E-state index contributed by atoms with van der Waals surface area (Å²) in [5, 5.41) is 11.3. The molecular weight excluding hydrogens is 394 g/mol. The van der Waals surface area contributed by atoms with Gasteiger partial charge in [0.2, 0.25) is 0 Å². The molecule has 0 aliphatic rings. The van der Waals surface area contributed by atoms with Crippen molar-refractivity contribution < 1.29 is 38.5 Å². The van der Waals surface area contributed by atoms with Gasteiger partial charge in [0.05, 0.1) is 12.7 Å². The Morgan fingerprint density at radius 2 is 1.43 bits per heavy atom. The molecule has 2 rings (SSSR count). The molecule has 9 nitrogen and oxygen atoms in total. The van der Waals surface area contributed by atoms with Crippen molar-refractivity contribution in [1.29, 1.82) is 0 Å². The summed E-state index contributed by atoms with van der Waals surface area (Å²) in [6.07, 6.45) is -0.305. The van der Waals surface area contributed by atoms with Crippen LogP contribution in [0.3, 0.4) is 0 Å². The van der Waals surface area contributed by atoms with Gasteiger partial charge in [0.25, 0.3) is 0 Å². The minimum Gasteiger partial charge on any atom is -0.465 e. The Morgan fingerprint density at radius 1 is 0.867 bits per heavy atom. The number of amides is 1. The number of rotatable bonds is 9. The lowest BCUT2D eigenvalue weighted by atomic mass is 10.1. The Bertz CT molecular complexity index is 815. The lowest BCUT2D eigenvalue weighted by Crippen LogP contribution is -2.28. The molecule has 0 saturated heterocycles. The number of methoxy groups -OCH3 is 1. The van der Waals surface area contributed by atoms with Crippen LogP contribution < -0.4 is 14.8 Å². The number of nitrogens with one attached hydrogen (secondary N) is 1. The van der Waals surface area contributed by atoms with Gasteiger partial charge in [0.1, 0.15) is 18.1 Å². The summed E-state index contributed by atoms with van der Waals surface area (Å²) in [6, 6.07) is 11.7. The predicted molar refractivity (Wildman–Crippen MR) is 105 cm³/mol. The number of esters is 2. The van der Waals surface area contributed by atoms with Crippen LogP contribution in [0, 0.1) is 0 Å². The number of hydrogen-bond donors (Lipinski definition) is 2. The molecule has 30 heavy (non-hydrogen) atoms. The first-order chi connectivity index (χ1) is 14.4. The third-order valence-electron chi connectivity index (χ3n) is 3.86. The molecule has 0 atom stereocenters. The molecule has 2 N–H and O–H groups in total. The zero-order valence-corrected chi connectivity index (χ0v) is 16.3. The molecule has 158 valence electrons. The van der Waals surface area contributed by atoms with Crippen LogP contribution in [0.15, 0.2) is 48.5 Å². The van der Waals surface area contributed by atoms with E-state index in [-0.39, 0.29) is 24.5 Å². The summed E-state index contributed by atoms with van der Waals surface area (Å²) < 4.78 is 14.8. The van der Waals surface area contributed by atoms with Crippen molar-refractivity contribution in [3.05, 3.63) is 59.7 Å². The van der Waals surface area contributed by atoms with Crippen LogP contribution in [0.4, 0.5) is 4.79 Å². The Hall–Kier alpha value is -3.72. The van der Waals surface area contributed by atoms with E-state index in [1.165, 1.54) is 55.6 Å². The first-order valence-electron chi connectivity index (χ1n) is 9.01. The van der Waals surface area contributed by atoms with Gasteiger partial charge in [-0.05, 0) is 55.0 Å². The molecule has 1 amide bonds. The average Bonchev–Trinajstić information content (AvgIpc) is 2.76. The molecule has 0 fully saturated rings. The van der Waals surface area contributed by atoms with Crippen molar-refractivity contribution in [2.45, 2.75) is 12.8 Å². The molecule has 0 aliphatic carbocycles. The van der Waals surface area contributed by atoms with Gasteiger partial charge >= 0.3 is 18.0 Å². The van der Waals surface area contributed by atoms with Crippen molar-refractivity contribution in [1.82, 2.24) is 5.32 Å². The van der Waals surface area contributed by atoms with Crippen LogP contribution in [-0.4, -0.2) is 49.2 Å². The molecule has 0 heterocycles. The van der Waals surface area contributed by atoms with E-state index in [2.05, 4.69) is 10.1 Å². The summed E-state index contributed by atoms with van der Waals surface area (Å²) in [7, 11) is 1.27. The molecule has 0 aliphatic heterocycles. The third kappa shape index (κ3) is 7.02. The van der Waals surface area contributed by atoms with Gasteiger partial charge in [0, 0.05) is 18.5 Å². The van der Waals surface area contributed by atoms with Crippen LogP contribution in [0.25, 0.3) is 0 Å². The Labute approximate surface area is 172 Å². The number of ether oxygens (including phenoxy) is 3. The largest absolute Gasteiger partial charge is 0.465 e. The van der Waals surface area contributed by atoms with Crippen LogP contribution >= 0.6 is 0 Å². The normalized spacial score (nSPS) is 10.1. The smallest absolute Gasteiger partial charge is 0.412 e. The molecule has 0 radical (unpaired) electrons. The lowest BCUT2D eigenvalue weighted by molar-refractivity contribution is -0.134. The van der Waals surface area contributed by atoms with Crippen molar-refractivity contribution in [2.24, 2.45) is 0 Å². The van der Waals surface area contributed by atoms with Crippen LogP contribution in [0.1, 0.15) is 33.6 Å². The maximum atomic E-state index is 11.8. The summed E-state index contributed by atoms with van der Waals surface area (Å²) >= 11 is 0. The highest BCUT2D eigenvalue weighted by Gasteiger charge is 2.10.